The van der Waals surface area contributed by atoms with Crippen molar-refractivity contribution in [3.8, 4) is 0 Å². The maximum Gasteiger partial charge on any atom is 0.408 e. The average molecular weight is 367 g/mol. The van der Waals surface area contributed by atoms with Gasteiger partial charge >= 0.3 is 12.1 Å². The quantitative estimate of drug-likeness (QED) is 0.314. The van der Waals surface area contributed by atoms with E-state index in [9.17, 15) is 19.7 Å². The van der Waals surface area contributed by atoms with Crippen LogP contribution in [-0.2, 0) is 14.3 Å². The van der Waals surface area contributed by atoms with Crippen molar-refractivity contribution >= 4 is 23.4 Å². The summed E-state index contributed by atoms with van der Waals surface area (Å²) in [7, 11) is 1.23. The van der Waals surface area contributed by atoms with Crippen molar-refractivity contribution in [2.75, 3.05) is 19.0 Å². The lowest BCUT2D eigenvalue weighted by Crippen LogP contribution is -2.44. The van der Waals surface area contributed by atoms with E-state index in [0.717, 1.165) is 0 Å². The first kappa shape index (κ1) is 21.2. The molecule has 0 heterocycles. The molecule has 0 aliphatic heterocycles. The third-order valence-electron chi connectivity index (χ3n) is 3.26. The number of hydrogen-bond acceptors (Lipinski definition) is 7. The van der Waals surface area contributed by atoms with Crippen LogP contribution in [0.3, 0.4) is 0 Å². The molecule has 9 nitrogen and oxygen atoms in total. The molecule has 1 aromatic carbocycles. The van der Waals surface area contributed by atoms with E-state index in [1.165, 1.54) is 13.2 Å². The molecule has 0 aromatic heterocycles. The van der Waals surface area contributed by atoms with Gasteiger partial charge in [-0.05, 0) is 39.7 Å². The summed E-state index contributed by atoms with van der Waals surface area (Å²) in [6, 6.07) is 5.43. The average Bonchev–Trinajstić information content (AvgIpc) is 2.55. The Bertz CT molecular complexity index is 642. The van der Waals surface area contributed by atoms with E-state index in [1.807, 2.05) is 0 Å². The molecule has 1 unspecified atom stereocenters. The number of nitrogens with one attached hydrogen (secondary N) is 2. The highest BCUT2D eigenvalue weighted by Gasteiger charge is 2.24. The Kier molecular flexibility index (Phi) is 7.82. The zero-order valence-corrected chi connectivity index (χ0v) is 15.4. The minimum Gasteiger partial charge on any atom is -0.467 e. The third-order valence-corrected chi connectivity index (χ3v) is 3.26. The van der Waals surface area contributed by atoms with Gasteiger partial charge in [-0.1, -0.05) is 12.1 Å². The molecule has 1 aromatic rings. The van der Waals surface area contributed by atoms with E-state index < -0.39 is 28.6 Å². The van der Waals surface area contributed by atoms with Gasteiger partial charge in [0.15, 0.2) is 0 Å². The number of ether oxygens (including phenoxy) is 2. The number of methoxy groups -OCH3 is 1. The van der Waals surface area contributed by atoms with E-state index >= 15 is 0 Å². The highest BCUT2D eigenvalue weighted by atomic mass is 16.6. The molecule has 0 fully saturated rings. The van der Waals surface area contributed by atoms with Gasteiger partial charge in [0.05, 0.1) is 12.0 Å². The predicted molar refractivity (Wildman–Crippen MR) is 96.0 cm³/mol. The van der Waals surface area contributed by atoms with E-state index in [0.29, 0.717) is 25.1 Å². The second-order valence-electron chi connectivity index (χ2n) is 6.57. The zero-order chi connectivity index (χ0) is 19.7. The number of carbonyl (C=O) groups is 2. The summed E-state index contributed by atoms with van der Waals surface area (Å²) >= 11 is 0. The Balaban J connectivity index is 2.56. The largest absolute Gasteiger partial charge is 0.467 e. The van der Waals surface area contributed by atoms with Gasteiger partial charge in [0.2, 0.25) is 0 Å². The van der Waals surface area contributed by atoms with Gasteiger partial charge in [-0.15, -0.1) is 0 Å². The molecular formula is C17H25N3O6. The lowest BCUT2D eigenvalue weighted by Gasteiger charge is -2.22. The summed E-state index contributed by atoms with van der Waals surface area (Å²) in [6.07, 6.45) is 0.0563. The summed E-state index contributed by atoms with van der Waals surface area (Å²) in [4.78, 5) is 34.2. The lowest BCUT2D eigenvalue weighted by atomic mass is 10.1. The van der Waals surface area contributed by atoms with Crippen molar-refractivity contribution in [3.05, 3.63) is 34.4 Å². The first-order valence-electron chi connectivity index (χ1n) is 8.18. The number of anilines is 1. The van der Waals surface area contributed by atoms with Crippen molar-refractivity contribution in [2.24, 2.45) is 0 Å². The molecule has 0 bridgehead atoms. The number of hydrogen-bond donors (Lipinski definition) is 2. The monoisotopic (exact) mass is 367 g/mol. The minimum absolute atomic E-state index is 0.0242. The predicted octanol–water partition coefficient (Wildman–Crippen LogP) is 2.85. The Morgan fingerprint density at radius 1 is 1.27 bits per heavy atom. The fourth-order valence-corrected chi connectivity index (χ4v) is 2.15. The number of esters is 1. The van der Waals surface area contributed by atoms with Crippen molar-refractivity contribution in [2.45, 2.75) is 45.3 Å². The number of rotatable bonds is 8. The van der Waals surface area contributed by atoms with Gasteiger partial charge in [0, 0.05) is 12.6 Å². The molecule has 0 aliphatic rings. The highest BCUT2D eigenvalue weighted by Crippen LogP contribution is 2.23. The molecule has 26 heavy (non-hydrogen) atoms. The van der Waals surface area contributed by atoms with Crippen LogP contribution in [0.4, 0.5) is 16.2 Å². The van der Waals surface area contributed by atoms with Gasteiger partial charge < -0.3 is 20.1 Å². The topological polar surface area (TPSA) is 120 Å². The number of para-hydroxylation sites is 2. The Morgan fingerprint density at radius 3 is 2.50 bits per heavy atom. The van der Waals surface area contributed by atoms with Crippen molar-refractivity contribution in [1.82, 2.24) is 5.32 Å². The lowest BCUT2D eigenvalue weighted by molar-refractivity contribution is -0.384. The maximum atomic E-state index is 11.8. The Labute approximate surface area is 152 Å². The number of benzene rings is 1. The fourth-order valence-electron chi connectivity index (χ4n) is 2.15. The maximum absolute atomic E-state index is 11.8. The van der Waals surface area contributed by atoms with Gasteiger partial charge in [-0.2, -0.15) is 0 Å². The van der Waals surface area contributed by atoms with Crippen molar-refractivity contribution < 1.29 is 24.0 Å². The minimum atomic E-state index is -0.859. The number of carbonyl (C=O) groups excluding carboxylic acids is 2. The molecule has 144 valence electrons. The number of nitro groups is 1. The molecule has 1 rings (SSSR count). The Morgan fingerprint density at radius 2 is 1.92 bits per heavy atom. The highest BCUT2D eigenvalue weighted by molar-refractivity contribution is 5.81. The first-order chi connectivity index (χ1) is 12.1. The molecule has 1 amide bonds. The van der Waals surface area contributed by atoms with Crippen molar-refractivity contribution in [1.29, 1.82) is 0 Å². The smallest absolute Gasteiger partial charge is 0.408 e. The number of nitro benzene ring substituents is 1. The number of amides is 1. The van der Waals surface area contributed by atoms with Crippen LogP contribution >= 0.6 is 0 Å². The van der Waals surface area contributed by atoms with E-state index in [2.05, 4.69) is 10.6 Å². The molecule has 0 radical (unpaired) electrons. The summed E-state index contributed by atoms with van der Waals surface area (Å²) < 4.78 is 9.82. The van der Waals surface area contributed by atoms with E-state index in [1.54, 1.807) is 39.0 Å². The van der Waals surface area contributed by atoms with Crippen LogP contribution in [0.2, 0.25) is 0 Å². The molecule has 0 spiro atoms. The number of nitrogens with zero attached hydrogens (tertiary/aromatic N) is 1. The molecule has 2 N–H and O–H groups in total. The van der Waals surface area contributed by atoms with Crippen LogP contribution in [0.15, 0.2) is 24.3 Å². The van der Waals surface area contributed by atoms with Crippen LogP contribution in [0, 0.1) is 10.1 Å². The van der Waals surface area contributed by atoms with E-state index in [4.69, 9.17) is 9.47 Å². The zero-order valence-electron chi connectivity index (χ0n) is 15.4. The summed E-state index contributed by atoms with van der Waals surface area (Å²) in [5.74, 6) is -0.582. The van der Waals surface area contributed by atoms with Crippen LogP contribution < -0.4 is 10.6 Å². The molecule has 1 atom stereocenters. The summed E-state index contributed by atoms with van der Waals surface area (Å²) in [6.45, 7) is 5.54. The molecule has 9 heteroatoms. The van der Waals surface area contributed by atoms with Crippen LogP contribution in [0.1, 0.15) is 33.6 Å². The van der Waals surface area contributed by atoms with E-state index in [-0.39, 0.29) is 5.69 Å². The van der Waals surface area contributed by atoms with Crippen LogP contribution in [0.5, 0.6) is 0 Å². The van der Waals surface area contributed by atoms with Crippen LogP contribution in [0.25, 0.3) is 0 Å². The normalized spacial score (nSPS) is 12.0. The second-order valence-corrected chi connectivity index (χ2v) is 6.57. The summed E-state index contributed by atoms with van der Waals surface area (Å²) in [5, 5.41) is 16.4. The summed E-state index contributed by atoms with van der Waals surface area (Å²) in [5.41, 5.74) is -0.311. The molecule has 0 saturated carbocycles. The van der Waals surface area contributed by atoms with Gasteiger partial charge in [-0.25, -0.2) is 9.59 Å². The molecule has 0 saturated heterocycles. The second kappa shape index (κ2) is 9.59. The van der Waals surface area contributed by atoms with Gasteiger partial charge in [0.1, 0.15) is 17.3 Å². The van der Waals surface area contributed by atoms with Gasteiger partial charge in [0.25, 0.3) is 5.69 Å². The van der Waals surface area contributed by atoms with Gasteiger partial charge in [-0.3, -0.25) is 10.1 Å². The van der Waals surface area contributed by atoms with Crippen LogP contribution in [-0.4, -0.2) is 42.3 Å². The third kappa shape index (κ3) is 7.37. The standard InChI is InChI=1S/C17H25N3O6/c1-17(2,3)26-16(22)19-13(15(21)25-4)9-7-11-18-12-8-5-6-10-14(12)20(23)24/h5-6,8,10,13,18H,7,9,11H2,1-4H3,(H,19,22). The number of alkyl carbamates (subject to hydrolysis) is 1. The Hall–Kier alpha value is -2.84. The molecular weight excluding hydrogens is 342 g/mol. The van der Waals surface area contributed by atoms with Crippen molar-refractivity contribution in [3.63, 3.8) is 0 Å². The fraction of sp³-hybridized carbons (Fsp3) is 0.529. The molecule has 0 aliphatic carbocycles. The first-order valence-corrected chi connectivity index (χ1v) is 8.18. The SMILES string of the molecule is COC(=O)C(CCCNc1ccccc1[N+](=O)[O-])NC(=O)OC(C)(C)C.